The number of nitrogens with one attached hydrogen (secondary N) is 1. The van der Waals surface area contributed by atoms with Gasteiger partial charge in [0.25, 0.3) is 11.8 Å². The van der Waals surface area contributed by atoms with Crippen LogP contribution < -0.4 is 10.2 Å². The molecule has 0 bridgehead atoms. The van der Waals surface area contributed by atoms with Gasteiger partial charge in [0.05, 0.1) is 18.4 Å². The lowest BCUT2D eigenvalue weighted by Gasteiger charge is -2.26. The van der Waals surface area contributed by atoms with Gasteiger partial charge in [0, 0.05) is 0 Å². The molecule has 0 saturated carbocycles. The lowest BCUT2D eigenvalue weighted by molar-refractivity contribution is -0.122. The van der Waals surface area contributed by atoms with E-state index in [-0.39, 0.29) is 22.6 Å². The molecular formula is C30H21FN2O5. The third-order valence-corrected chi connectivity index (χ3v) is 6.28. The summed E-state index contributed by atoms with van der Waals surface area (Å²) < 4.78 is 18.5. The van der Waals surface area contributed by atoms with Crippen molar-refractivity contribution in [2.75, 3.05) is 12.0 Å². The zero-order chi connectivity index (χ0) is 26.8. The number of fused-ring (bicyclic) bond motifs is 1. The number of methoxy groups -OCH3 is 1. The summed E-state index contributed by atoms with van der Waals surface area (Å²) in [7, 11) is 1.25. The Balaban J connectivity index is 1.59. The molecule has 8 heteroatoms. The highest BCUT2D eigenvalue weighted by Gasteiger charge is 2.37. The number of hydrogen-bond acceptors (Lipinski definition) is 5. The molecule has 0 unspecified atom stereocenters. The summed E-state index contributed by atoms with van der Waals surface area (Å²) in [5, 5.41) is 3.90. The van der Waals surface area contributed by atoms with Gasteiger partial charge in [-0.25, -0.2) is 18.9 Å². The number of benzene rings is 4. The van der Waals surface area contributed by atoms with Gasteiger partial charge >= 0.3 is 12.0 Å². The average molecular weight is 509 g/mol. The van der Waals surface area contributed by atoms with E-state index >= 15 is 0 Å². The molecule has 4 aromatic carbocycles. The van der Waals surface area contributed by atoms with Crippen molar-refractivity contribution in [3.8, 4) is 0 Å². The van der Waals surface area contributed by atoms with Crippen LogP contribution in [0.2, 0.25) is 0 Å². The Bertz CT molecular complexity index is 1640. The Morgan fingerprint density at radius 1 is 0.947 bits per heavy atom. The standard InChI is InChI=1S/C30H21FN2O5/c1-38-29(36)20-11-13-23(14-12-20)33-28(35)26(27(34)32-30(33)37)17-25-21(15-18-5-4-7-22(31)16-18)10-9-19-6-2-3-8-24(19)25/h2-14,16-17H,15H2,1H3,(H,32,34,37)/b26-17+. The Hall–Kier alpha value is -5.11. The number of rotatable bonds is 5. The lowest BCUT2D eigenvalue weighted by atomic mass is 9.92. The van der Waals surface area contributed by atoms with Crippen LogP contribution >= 0.6 is 0 Å². The number of ether oxygens (including phenoxy) is 1. The Morgan fingerprint density at radius 3 is 2.45 bits per heavy atom. The smallest absolute Gasteiger partial charge is 0.337 e. The number of anilines is 1. The molecule has 1 saturated heterocycles. The van der Waals surface area contributed by atoms with Crippen molar-refractivity contribution in [2.24, 2.45) is 0 Å². The van der Waals surface area contributed by atoms with Gasteiger partial charge in [-0.1, -0.05) is 48.5 Å². The van der Waals surface area contributed by atoms with E-state index in [9.17, 15) is 23.6 Å². The van der Waals surface area contributed by atoms with E-state index < -0.39 is 23.8 Å². The minimum atomic E-state index is -0.902. The molecule has 0 atom stereocenters. The second-order valence-corrected chi connectivity index (χ2v) is 8.66. The van der Waals surface area contributed by atoms with Crippen molar-refractivity contribution >= 4 is 46.4 Å². The van der Waals surface area contributed by atoms with Gasteiger partial charge in [0.15, 0.2) is 0 Å². The van der Waals surface area contributed by atoms with Crippen molar-refractivity contribution in [2.45, 2.75) is 6.42 Å². The maximum absolute atomic E-state index is 13.9. The maximum atomic E-state index is 13.9. The number of urea groups is 1. The first-order chi connectivity index (χ1) is 18.4. The minimum Gasteiger partial charge on any atom is -0.465 e. The zero-order valence-electron chi connectivity index (χ0n) is 20.2. The SMILES string of the molecule is COC(=O)c1ccc(N2C(=O)NC(=O)/C(=C\c3c(Cc4cccc(F)c4)ccc4ccccc34)C2=O)cc1. The minimum absolute atomic E-state index is 0.177. The highest BCUT2D eigenvalue weighted by Crippen LogP contribution is 2.29. The summed E-state index contributed by atoms with van der Waals surface area (Å²) in [6.45, 7) is 0. The van der Waals surface area contributed by atoms with Crippen LogP contribution in [0.3, 0.4) is 0 Å². The van der Waals surface area contributed by atoms with Crippen LogP contribution in [0, 0.1) is 5.82 Å². The lowest BCUT2D eigenvalue weighted by Crippen LogP contribution is -2.54. The van der Waals surface area contributed by atoms with Crippen molar-refractivity contribution in [3.63, 3.8) is 0 Å². The van der Waals surface area contributed by atoms with Gasteiger partial charge in [-0.15, -0.1) is 0 Å². The van der Waals surface area contributed by atoms with Crippen molar-refractivity contribution in [3.05, 3.63) is 119 Å². The molecule has 0 aliphatic carbocycles. The molecule has 1 aliphatic heterocycles. The molecular weight excluding hydrogens is 487 g/mol. The van der Waals surface area contributed by atoms with E-state index in [1.54, 1.807) is 12.1 Å². The molecule has 38 heavy (non-hydrogen) atoms. The summed E-state index contributed by atoms with van der Waals surface area (Å²) in [4.78, 5) is 51.6. The van der Waals surface area contributed by atoms with Gasteiger partial charge in [-0.05, 0) is 76.4 Å². The third kappa shape index (κ3) is 4.67. The van der Waals surface area contributed by atoms with Crippen LogP contribution in [0.5, 0.6) is 0 Å². The monoisotopic (exact) mass is 508 g/mol. The van der Waals surface area contributed by atoms with E-state index in [4.69, 9.17) is 0 Å². The third-order valence-electron chi connectivity index (χ3n) is 6.28. The van der Waals surface area contributed by atoms with Crippen LogP contribution in [0.1, 0.15) is 27.0 Å². The molecule has 1 N–H and O–H groups in total. The number of carbonyl (C=O) groups excluding carboxylic acids is 4. The highest BCUT2D eigenvalue weighted by atomic mass is 19.1. The second kappa shape index (κ2) is 10.1. The normalized spacial score (nSPS) is 14.6. The van der Waals surface area contributed by atoms with Crippen molar-refractivity contribution in [1.29, 1.82) is 0 Å². The number of imide groups is 2. The largest absolute Gasteiger partial charge is 0.465 e. The van der Waals surface area contributed by atoms with Crippen LogP contribution in [-0.4, -0.2) is 30.9 Å². The number of hydrogen-bond donors (Lipinski definition) is 1. The molecule has 7 nitrogen and oxygen atoms in total. The van der Waals surface area contributed by atoms with Crippen molar-refractivity contribution < 1.29 is 28.3 Å². The summed E-state index contributed by atoms with van der Waals surface area (Å²) in [5.74, 6) is -2.57. The molecule has 0 spiro atoms. The number of esters is 1. The molecule has 1 fully saturated rings. The van der Waals surface area contributed by atoms with E-state index in [0.717, 1.165) is 26.8 Å². The van der Waals surface area contributed by atoms with Gasteiger partial charge in [0.2, 0.25) is 0 Å². The van der Waals surface area contributed by atoms with Gasteiger partial charge in [-0.2, -0.15) is 0 Å². The average Bonchev–Trinajstić information content (AvgIpc) is 2.91. The number of halogens is 1. The van der Waals surface area contributed by atoms with Gasteiger partial charge in [-0.3, -0.25) is 14.9 Å². The summed E-state index contributed by atoms with van der Waals surface area (Å²) in [6, 6.07) is 22.3. The first-order valence-corrected chi connectivity index (χ1v) is 11.7. The molecule has 1 aliphatic rings. The molecule has 0 aromatic heterocycles. The predicted octanol–water partition coefficient (Wildman–Crippen LogP) is 5.02. The number of barbiturate groups is 1. The number of amides is 4. The Kier molecular flexibility index (Phi) is 6.53. The molecule has 0 radical (unpaired) electrons. The van der Waals surface area contributed by atoms with E-state index in [2.05, 4.69) is 10.1 Å². The molecule has 1 heterocycles. The fourth-order valence-corrected chi connectivity index (χ4v) is 4.43. The van der Waals surface area contributed by atoms with E-state index in [1.807, 2.05) is 36.4 Å². The quantitative estimate of drug-likeness (QED) is 0.232. The van der Waals surface area contributed by atoms with Crippen LogP contribution in [0.4, 0.5) is 14.9 Å². The fourth-order valence-electron chi connectivity index (χ4n) is 4.43. The Morgan fingerprint density at radius 2 is 1.71 bits per heavy atom. The predicted molar refractivity (Wildman–Crippen MR) is 140 cm³/mol. The van der Waals surface area contributed by atoms with Gasteiger partial charge < -0.3 is 4.74 Å². The second-order valence-electron chi connectivity index (χ2n) is 8.66. The maximum Gasteiger partial charge on any atom is 0.337 e. The summed E-state index contributed by atoms with van der Waals surface area (Å²) >= 11 is 0. The van der Waals surface area contributed by atoms with E-state index in [0.29, 0.717) is 12.0 Å². The van der Waals surface area contributed by atoms with E-state index in [1.165, 1.54) is 49.6 Å². The van der Waals surface area contributed by atoms with Crippen LogP contribution in [-0.2, 0) is 20.7 Å². The summed E-state index contributed by atoms with van der Waals surface area (Å²) in [6.07, 6.45) is 1.83. The Labute approximate surface area is 217 Å². The van der Waals surface area contributed by atoms with Crippen molar-refractivity contribution in [1.82, 2.24) is 5.32 Å². The number of carbonyl (C=O) groups is 4. The molecule has 4 amide bonds. The first-order valence-electron chi connectivity index (χ1n) is 11.7. The van der Waals surface area contributed by atoms with Crippen LogP contribution in [0.25, 0.3) is 16.8 Å². The first kappa shape index (κ1) is 24.6. The van der Waals surface area contributed by atoms with Crippen LogP contribution in [0.15, 0.2) is 90.5 Å². The molecule has 5 rings (SSSR count). The highest BCUT2D eigenvalue weighted by molar-refractivity contribution is 6.39. The topological polar surface area (TPSA) is 92.8 Å². The molecule has 4 aromatic rings. The summed E-state index contributed by atoms with van der Waals surface area (Å²) in [5.41, 5.74) is 2.29. The number of nitrogens with zero attached hydrogens (tertiary/aromatic N) is 1. The molecule has 188 valence electrons. The fraction of sp³-hybridized carbons (Fsp3) is 0.0667. The van der Waals surface area contributed by atoms with Gasteiger partial charge in [0.1, 0.15) is 11.4 Å². The zero-order valence-corrected chi connectivity index (χ0v) is 20.2.